The minimum absolute atomic E-state index is 0.230. The lowest BCUT2D eigenvalue weighted by Gasteiger charge is -2.26. The SMILES string of the molecule is c1ccc(B2c3ccccc3-n3c4cccc(-c5ccccc5)c4c4cccc2c43)cc1. The Labute approximate surface area is 187 Å². The van der Waals surface area contributed by atoms with Crippen LogP contribution in [0, 0.1) is 0 Å². The molecule has 0 atom stereocenters. The van der Waals surface area contributed by atoms with Gasteiger partial charge in [0.25, 0.3) is 0 Å². The van der Waals surface area contributed by atoms with Crippen LogP contribution in [0.5, 0.6) is 0 Å². The molecule has 1 aliphatic rings. The highest BCUT2D eigenvalue weighted by atomic mass is 15.0. The molecule has 0 spiro atoms. The zero-order valence-electron chi connectivity index (χ0n) is 17.6. The second kappa shape index (κ2) is 6.73. The lowest BCUT2D eigenvalue weighted by molar-refractivity contribution is 1.19. The van der Waals surface area contributed by atoms with E-state index in [4.69, 9.17) is 0 Å². The molecule has 0 saturated carbocycles. The number of hydrogen-bond donors (Lipinski definition) is 0. The Morgan fingerprint density at radius 3 is 2.06 bits per heavy atom. The number of nitrogens with zero attached hydrogens (tertiary/aromatic N) is 1. The second-order valence-electron chi connectivity index (χ2n) is 8.55. The van der Waals surface area contributed by atoms with Crippen molar-refractivity contribution in [2.24, 2.45) is 0 Å². The van der Waals surface area contributed by atoms with Crippen LogP contribution in [-0.2, 0) is 0 Å². The molecule has 6 aromatic rings. The Morgan fingerprint density at radius 2 is 1.22 bits per heavy atom. The molecule has 0 unspecified atom stereocenters. The average Bonchev–Trinajstić information content (AvgIpc) is 3.22. The van der Waals surface area contributed by atoms with Crippen LogP contribution < -0.4 is 16.4 Å². The van der Waals surface area contributed by atoms with Crippen LogP contribution in [0.2, 0.25) is 0 Å². The van der Waals surface area contributed by atoms with Crippen molar-refractivity contribution in [2.45, 2.75) is 0 Å². The first-order chi connectivity index (χ1) is 15.9. The second-order valence-corrected chi connectivity index (χ2v) is 8.55. The van der Waals surface area contributed by atoms with Crippen LogP contribution in [0.4, 0.5) is 0 Å². The average molecular weight is 405 g/mol. The zero-order valence-corrected chi connectivity index (χ0v) is 17.6. The summed E-state index contributed by atoms with van der Waals surface area (Å²) < 4.78 is 2.49. The molecule has 1 aromatic heterocycles. The Morgan fingerprint density at radius 1 is 0.531 bits per heavy atom. The van der Waals surface area contributed by atoms with Gasteiger partial charge < -0.3 is 4.57 Å². The molecule has 0 fully saturated rings. The third kappa shape index (κ3) is 2.35. The summed E-state index contributed by atoms with van der Waals surface area (Å²) in [4.78, 5) is 0. The number of rotatable bonds is 2. The molecule has 0 radical (unpaired) electrons. The fraction of sp³-hybridized carbons (Fsp3) is 0. The highest BCUT2D eigenvalue weighted by Gasteiger charge is 2.33. The molecule has 0 amide bonds. The maximum absolute atomic E-state index is 2.49. The van der Waals surface area contributed by atoms with Crippen LogP contribution in [0.15, 0.2) is 121 Å². The zero-order chi connectivity index (χ0) is 21.1. The number of para-hydroxylation sites is 2. The van der Waals surface area contributed by atoms with Crippen molar-refractivity contribution >= 4 is 44.9 Å². The Bertz CT molecular complexity index is 1610. The van der Waals surface area contributed by atoms with Crippen LogP contribution >= 0.6 is 0 Å². The molecule has 148 valence electrons. The first-order valence-electron chi connectivity index (χ1n) is 11.2. The molecule has 0 bridgehead atoms. The summed E-state index contributed by atoms with van der Waals surface area (Å²) in [7, 11) is 0. The first kappa shape index (κ1) is 17.6. The maximum Gasteiger partial charge on any atom is 0.246 e. The van der Waals surface area contributed by atoms with Crippen molar-refractivity contribution in [1.82, 2.24) is 4.57 Å². The molecule has 1 nitrogen and oxygen atoms in total. The first-order valence-corrected chi connectivity index (χ1v) is 11.2. The van der Waals surface area contributed by atoms with E-state index >= 15 is 0 Å². The summed E-state index contributed by atoms with van der Waals surface area (Å²) in [5.41, 5.74) is 10.5. The summed E-state index contributed by atoms with van der Waals surface area (Å²) in [5, 5.41) is 2.66. The van der Waals surface area contributed by atoms with Crippen molar-refractivity contribution in [1.29, 1.82) is 0 Å². The van der Waals surface area contributed by atoms with Gasteiger partial charge >= 0.3 is 0 Å². The van der Waals surface area contributed by atoms with Gasteiger partial charge in [-0.15, -0.1) is 0 Å². The van der Waals surface area contributed by atoms with Crippen molar-refractivity contribution < 1.29 is 0 Å². The largest absolute Gasteiger partial charge is 0.310 e. The van der Waals surface area contributed by atoms with Gasteiger partial charge in [0, 0.05) is 22.0 Å². The number of benzene rings is 5. The number of hydrogen-bond acceptors (Lipinski definition) is 0. The molecule has 5 aromatic carbocycles. The summed E-state index contributed by atoms with van der Waals surface area (Å²) >= 11 is 0. The quantitative estimate of drug-likeness (QED) is 0.345. The van der Waals surface area contributed by atoms with Gasteiger partial charge in [0.05, 0.1) is 5.52 Å². The maximum atomic E-state index is 2.49. The van der Waals surface area contributed by atoms with Gasteiger partial charge in [-0.1, -0.05) is 115 Å². The standard InChI is InChI=1S/C30H20BN/c1-3-11-21(12-4-1)23-15-10-20-28-29(23)24-16-9-18-26-30(24)32(28)27-19-8-7-17-25(27)31(26)22-13-5-2-6-14-22/h1-20H. The smallest absolute Gasteiger partial charge is 0.246 e. The van der Waals surface area contributed by atoms with E-state index in [2.05, 4.69) is 126 Å². The van der Waals surface area contributed by atoms with Gasteiger partial charge in [-0.05, 0) is 34.2 Å². The molecule has 32 heavy (non-hydrogen) atoms. The van der Waals surface area contributed by atoms with Gasteiger partial charge in [0.15, 0.2) is 0 Å². The van der Waals surface area contributed by atoms with E-state index in [-0.39, 0.29) is 6.71 Å². The van der Waals surface area contributed by atoms with Crippen molar-refractivity contribution in [2.75, 3.05) is 0 Å². The van der Waals surface area contributed by atoms with E-state index in [1.54, 1.807) is 0 Å². The van der Waals surface area contributed by atoms with Gasteiger partial charge in [-0.3, -0.25) is 0 Å². The third-order valence-electron chi connectivity index (χ3n) is 6.86. The molecule has 0 saturated heterocycles. The lowest BCUT2D eigenvalue weighted by Crippen LogP contribution is -2.55. The topological polar surface area (TPSA) is 4.93 Å². The summed E-state index contributed by atoms with van der Waals surface area (Å²) in [6.45, 7) is 0.230. The number of fused-ring (bicyclic) bond motifs is 5. The van der Waals surface area contributed by atoms with E-state index in [0.717, 1.165) is 0 Å². The summed E-state index contributed by atoms with van der Waals surface area (Å²) in [5.74, 6) is 0. The van der Waals surface area contributed by atoms with Crippen molar-refractivity contribution in [3.63, 3.8) is 0 Å². The Hall–Kier alpha value is -4.04. The minimum atomic E-state index is 0.230. The van der Waals surface area contributed by atoms with Gasteiger partial charge in [-0.2, -0.15) is 0 Å². The number of aromatic nitrogens is 1. The fourth-order valence-corrected chi connectivity index (χ4v) is 5.59. The fourth-order valence-electron chi connectivity index (χ4n) is 5.59. The van der Waals surface area contributed by atoms with Gasteiger partial charge in [-0.25, -0.2) is 0 Å². The summed E-state index contributed by atoms with van der Waals surface area (Å²) in [6.07, 6.45) is 0. The predicted molar refractivity (Wildman–Crippen MR) is 137 cm³/mol. The molecule has 2 heteroatoms. The lowest BCUT2D eigenvalue weighted by atomic mass is 9.35. The van der Waals surface area contributed by atoms with E-state index < -0.39 is 0 Å². The van der Waals surface area contributed by atoms with Crippen LogP contribution in [-0.4, -0.2) is 11.3 Å². The van der Waals surface area contributed by atoms with Crippen molar-refractivity contribution in [3.05, 3.63) is 121 Å². The van der Waals surface area contributed by atoms with E-state index in [0.29, 0.717) is 0 Å². The highest BCUT2D eigenvalue weighted by Crippen LogP contribution is 2.38. The molecule has 0 N–H and O–H groups in total. The Balaban J connectivity index is 1.67. The van der Waals surface area contributed by atoms with Gasteiger partial charge in [0.1, 0.15) is 0 Å². The molecule has 7 rings (SSSR count). The van der Waals surface area contributed by atoms with Crippen LogP contribution in [0.25, 0.3) is 38.6 Å². The molecule has 2 heterocycles. The normalized spacial score (nSPS) is 12.3. The molecular weight excluding hydrogens is 385 g/mol. The monoisotopic (exact) mass is 405 g/mol. The Kier molecular flexibility index (Phi) is 3.71. The van der Waals surface area contributed by atoms with E-state index in [1.807, 2.05) is 0 Å². The highest BCUT2D eigenvalue weighted by molar-refractivity contribution is 6.98. The van der Waals surface area contributed by atoms with Crippen LogP contribution in [0.1, 0.15) is 0 Å². The summed E-state index contributed by atoms with van der Waals surface area (Å²) in [6, 6.07) is 44.1. The minimum Gasteiger partial charge on any atom is -0.310 e. The van der Waals surface area contributed by atoms with E-state index in [9.17, 15) is 0 Å². The van der Waals surface area contributed by atoms with Crippen LogP contribution in [0.3, 0.4) is 0 Å². The van der Waals surface area contributed by atoms with Crippen molar-refractivity contribution in [3.8, 4) is 16.8 Å². The molecule has 1 aliphatic heterocycles. The third-order valence-corrected chi connectivity index (χ3v) is 6.86. The molecular formula is C30H20BN. The van der Waals surface area contributed by atoms with Gasteiger partial charge in [0.2, 0.25) is 6.71 Å². The molecule has 0 aliphatic carbocycles. The predicted octanol–water partition coefficient (Wildman–Crippen LogP) is 5.28. The van der Waals surface area contributed by atoms with E-state index in [1.165, 1.54) is 55.0 Å².